The van der Waals surface area contributed by atoms with Gasteiger partial charge in [0.15, 0.2) is 0 Å². The van der Waals surface area contributed by atoms with Gasteiger partial charge in [0.25, 0.3) is 0 Å². The van der Waals surface area contributed by atoms with E-state index in [-0.39, 0.29) is 6.10 Å². The van der Waals surface area contributed by atoms with Crippen LogP contribution in [0.3, 0.4) is 0 Å². The lowest BCUT2D eigenvalue weighted by Crippen LogP contribution is -2.38. The molecule has 1 aliphatic rings. The van der Waals surface area contributed by atoms with E-state index in [4.69, 9.17) is 9.47 Å². The van der Waals surface area contributed by atoms with Crippen LogP contribution in [-0.4, -0.2) is 49.8 Å². The number of alkyl halides is 3. The predicted octanol–water partition coefficient (Wildman–Crippen LogP) is 3.13. The van der Waals surface area contributed by atoms with Gasteiger partial charge in [-0.05, 0) is 24.6 Å². The van der Waals surface area contributed by atoms with Gasteiger partial charge in [-0.25, -0.2) is 0 Å². The van der Waals surface area contributed by atoms with Crippen LogP contribution < -0.4 is 14.8 Å². The van der Waals surface area contributed by atoms with Crippen molar-refractivity contribution in [2.45, 2.75) is 45.0 Å². The Morgan fingerprint density at radius 3 is 2.85 bits per heavy atom. The smallest absolute Gasteiger partial charge is 0.389 e. The van der Waals surface area contributed by atoms with Gasteiger partial charge >= 0.3 is 6.18 Å². The van der Waals surface area contributed by atoms with E-state index in [1.54, 1.807) is 7.11 Å². The average molecular weight is 374 g/mol. The summed E-state index contributed by atoms with van der Waals surface area (Å²) in [5.41, 5.74) is 0.990. The number of nitrogens with one attached hydrogen (secondary N) is 1. The Labute approximate surface area is 151 Å². The second-order valence-electron chi connectivity index (χ2n) is 6.32. The maximum atomic E-state index is 12.1. The normalized spacial score (nSPS) is 17.8. The van der Waals surface area contributed by atoms with Crippen molar-refractivity contribution in [3.05, 3.63) is 23.8 Å². The van der Waals surface area contributed by atoms with E-state index < -0.39 is 24.9 Å². The number of rotatable bonds is 7. The lowest BCUT2D eigenvalue weighted by molar-refractivity contribution is -0.144. The summed E-state index contributed by atoms with van der Waals surface area (Å²) >= 11 is 0. The van der Waals surface area contributed by atoms with Crippen molar-refractivity contribution < 1.29 is 27.4 Å². The Bertz CT molecular complexity index is 608. The molecule has 1 N–H and O–H groups in total. The van der Waals surface area contributed by atoms with Crippen molar-refractivity contribution >= 4 is 5.91 Å². The van der Waals surface area contributed by atoms with E-state index in [2.05, 4.69) is 10.2 Å². The molecule has 0 bridgehead atoms. The van der Waals surface area contributed by atoms with Crippen molar-refractivity contribution in [2.75, 3.05) is 26.7 Å². The number of fused-ring (bicyclic) bond motifs is 1. The molecule has 0 aromatic heterocycles. The molecular weight excluding hydrogens is 349 g/mol. The van der Waals surface area contributed by atoms with Crippen LogP contribution in [0.5, 0.6) is 11.5 Å². The van der Waals surface area contributed by atoms with Crippen LogP contribution in [-0.2, 0) is 11.3 Å². The summed E-state index contributed by atoms with van der Waals surface area (Å²) in [6, 6.07) is 5.66. The Kier molecular flexibility index (Phi) is 7.14. The fourth-order valence-electron chi connectivity index (χ4n) is 2.81. The SMILES string of the molecule is CCC1CN(CCNC(=O)CCC(F)(F)F)Cc2cc(OC)ccc2O1. The molecule has 146 valence electrons. The van der Waals surface area contributed by atoms with Crippen LogP contribution in [0.25, 0.3) is 0 Å². The zero-order chi connectivity index (χ0) is 19.2. The minimum Gasteiger partial charge on any atom is -0.497 e. The van der Waals surface area contributed by atoms with E-state index in [0.717, 1.165) is 23.5 Å². The van der Waals surface area contributed by atoms with Gasteiger partial charge < -0.3 is 14.8 Å². The van der Waals surface area contributed by atoms with Crippen LogP contribution in [0.4, 0.5) is 13.2 Å². The minimum absolute atomic E-state index is 0.0191. The van der Waals surface area contributed by atoms with Crippen molar-refractivity contribution in [2.24, 2.45) is 0 Å². The van der Waals surface area contributed by atoms with E-state index >= 15 is 0 Å². The molecule has 1 aliphatic heterocycles. The number of halogens is 3. The molecule has 1 atom stereocenters. The summed E-state index contributed by atoms with van der Waals surface area (Å²) in [4.78, 5) is 13.7. The van der Waals surface area contributed by atoms with Crippen LogP contribution >= 0.6 is 0 Å². The molecule has 26 heavy (non-hydrogen) atoms. The first kappa shape index (κ1) is 20.4. The Hall–Kier alpha value is -1.96. The molecule has 1 amide bonds. The molecular formula is C18H25F3N2O3. The number of nitrogens with zero attached hydrogens (tertiary/aromatic N) is 1. The van der Waals surface area contributed by atoms with Crippen LogP contribution in [0.15, 0.2) is 18.2 Å². The zero-order valence-electron chi connectivity index (χ0n) is 15.1. The molecule has 1 heterocycles. The molecule has 5 nitrogen and oxygen atoms in total. The second kappa shape index (κ2) is 9.12. The largest absolute Gasteiger partial charge is 0.497 e. The van der Waals surface area contributed by atoms with Crippen molar-refractivity contribution in [1.82, 2.24) is 10.2 Å². The Balaban J connectivity index is 1.90. The topological polar surface area (TPSA) is 50.8 Å². The number of amides is 1. The monoisotopic (exact) mass is 374 g/mol. The quantitative estimate of drug-likeness (QED) is 0.797. The summed E-state index contributed by atoms with van der Waals surface area (Å²) in [6.07, 6.45) is -5.09. The lowest BCUT2D eigenvalue weighted by Gasteiger charge is -2.23. The standard InChI is InChI=1S/C18H25F3N2O3/c1-3-14-12-23(9-8-22-17(24)6-7-18(19,20)21)11-13-10-15(25-2)4-5-16(13)26-14/h4-5,10,14H,3,6-9,11-12H2,1-2H3,(H,22,24). The van der Waals surface area contributed by atoms with Gasteiger partial charge in [0.1, 0.15) is 17.6 Å². The molecule has 0 aliphatic carbocycles. The Morgan fingerprint density at radius 1 is 1.42 bits per heavy atom. The molecule has 1 aromatic carbocycles. The molecule has 0 radical (unpaired) electrons. The van der Waals surface area contributed by atoms with Crippen LogP contribution in [0.1, 0.15) is 31.7 Å². The minimum atomic E-state index is -4.31. The van der Waals surface area contributed by atoms with Crippen LogP contribution in [0.2, 0.25) is 0 Å². The van der Waals surface area contributed by atoms with Crippen molar-refractivity contribution in [3.63, 3.8) is 0 Å². The summed E-state index contributed by atoms with van der Waals surface area (Å²) in [5.74, 6) is 0.972. The highest BCUT2D eigenvalue weighted by Crippen LogP contribution is 2.29. The number of benzene rings is 1. The summed E-state index contributed by atoms with van der Waals surface area (Å²) in [6.45, 7) is 4.18. The van der Waals surface area contributed by atoms with E-state index in [1.807, 2.05) is 25.1 Å². The highest BCUT2D eigenvalue weighted by atomic mass is 19.4. The lowest BCUT2D eigenvalue weighted by atomic mass is 10.2. The maximum absolute atomic E-state index is 12.1. The van der Waals surface area contributed by atoms with Crippen LogP contribution in [0, 0.1) is 0 Å². The van der Waals surface area contributed by atoms with Gasteiger partial charge in [-0.3, -0.25) is 9.69 Å². The maximum Gasteiger partial charge on any atom is 0.389 e. The zero-order valence-corrected chi connectivity index (χ0v) is 15.1. The molecule has 0 spiro atoms. The van der Waals surface area contributed by atoms with Crippen molar-refractivity contribution in [1.29, 1.82) is 0 Å². The first-order valence-electron chi connectivity index (χ1n) is 8.70. The van der Waals surface area contributed by atoms with Gasteiger partial charge in [0.2, 0.25) is 5.91 Å². The number of carbonyl (C=O) groups excluding carboxylic acids is 1. The highest BCUT2D eigenvalue weighted by Gasteiger charge is 2.28. The molecule has 1 unspecified atom stereocenters. The van der Waals surface area contributed by atoms with E-state index in [1.165, 1.54) is 0 Å². The number of methoxy groups -OCH3 is 1. The number of hydrogen-bond donors (Lipinski definition) is 1. The second-order valence-corrected chi connectivity index (χ2v) is 6.32. The average Bonchev–Trinajstić information content (AvgIpc) is 2.77. The van der Waals surface area contributed by atoms with E-state index in [0.29, 0.717) is 26.2 Å². The third-order valence-electron chi connectivity index (χ3n) is 4.26. The molecule has 2 rings (SSSR count). The van der Waals surface area contributed by atoms with Gasteiger partial charge in [-0.15, -0.1) is 0 Å². The Morgan fingerprint density at radius 2 is 2.19 bits per heavy atom. The first-order chi connectivity index (χ1) is 12.3. The molecule has 0 saturated heterocycles. The predicted molar refractivity (Wildman–Crippen MR) is 91.3 cm³/mol. The number of carbonyl (C=O) groups is 1. The fraction of sp³-hybridized carbons (Fsp3) is 0.611. The third-order valence-corrected chi connectivity index (χ3v) is 4.26. The highest BCUT2D eigenvalue weighted by molar-refractivity contribution is 5.75. The summed E-state index contributed by atoms with van der Waals surface area (Å²) < 4.78 is 47.7. The van der Waals surface area contributed by atoms with E-state index in [9.17, 15) is 18.0 Å². The summed E-state index contributed by atoms with van der Waals surface area (Å²) in [5, 5.41) is 2.56. The molecule has 8 heteroatoms. The number of ether oxygens (including phenoxy) is 2. The third kappa shape index (κ3) is 6.40. The first-order valence-corrected chi connectivity index (χ1v) is 8.70. The van der Waals surface area contributed by atoms with Gasteiger partial charge in [-0.1, -0.05) is 6.92 Å². The van der Waals surface area contributed by atoms with Gasteiger partial charge in [-0.2, -0.15) is 13.2 Å². The molecule has 0 fully saturated rings. The molecule has 0 saturated carbocycles. The summed E-state index contributed by atoms with van der Waals surface area (Å²) in [7, 11) is 1.60. The van der Waals surface area contributed by atoms with Gasteiger partial charge in [0, 0.05) is 38.2 Å². The van der Waals surface area contributed by atoms with Gasteiger partial charge in [0.05, 0.1) is 13.5 Å². The molecule has 1 aromatic rings. The van der Waals surface area contributed by atoms with Crippen molar-refractivity contribution in [3.8, 4) is 11.5 Å². The fourth-order valence-corrected chi connectivity index (χ4v) is 2.81. The number of hydrogen-bond acceptors (Lipinski definition) is 4.